The van der Waals surface area contributed by atoms with Gasteiger partial charge in [0.05, 0.1) is 28.4 Å². The predicted octanol–water partition coefficient (Wildman–Crippen LogP) is 14.3. The number of hydrogen-bond acceptors (Lipinski definition) is 4. The first-order valence-electron chi connectivity index (χ1n) is 21.2. The molecule has 8 aromatic carbocycles. The van der Waals surface area contributed by atoms with Gasteiger partial charge in [0.2, 0.25) is 0 Å². The summed E-state index contributed by atoms with van der Waals surface area (Å²) in [7, 11) is 0. The average Bonchev–Trinajstić information content (AvgIpc) is 3.64. The molecule has 62 heavy (non-hydrogen) atoms. The van der Waals surface area contributed by atoms with Crippen LogP contribution in [0.5, 0.6) is 11.5 Å². The number of aromatic nitrogens is 2. The Balaban J connectivity index is 1.12. The van der Waals surface area contributed by atoms with Gasteiger partial charge in [-0.1, -0.05) is 164 Å². The van der Waals surface area contributed by atoms with Gasteiger partial charge in [0.15, 0.2) is 5.82 Å². The van der Waals surface area contributed by atoms with Crippen LogP contribution in [0.1, 0.15) is 46.2 Å². The van der Waals surface area contributed by atoms with E-state index in [0.29, 0.717) is 11.4 Å². The summed E-state index contributed by atoms with van der Waals surface area (Å²) in [6, 6.07) is 70.5. The third-order valence-corrected chi connectivity index (χ3v) is 12.9. The number of rotatable bonds is 5. The summed E-state index contributed by atoms with van der Waals surface area (Å²) >= 11 is 0. The van der Waals surface area contributed by atoms with E-state index in [1.807, 2.05) is 36.4 Å². The van der Waals surface area contributed by atoms with Gasteiger partial charge in [-0.3, -0.25) is 0 Å². The Bertz CT molecular complexity index is 3270. The highest BCUT2D eigenvalue weighted by molar-refractivity contribution is 6.17. The molecule has 0 saturated carbocycles. The van der Waals surface area contributed by atoms with E-state index in [1.54, 1.807) is 0 Å². The maximum absolute atomic E-state index is 9.52. The fourth-order valence-corrected chi connectivity index (χ4v) is 10.3. The second-order valence-corrected chi connectivity index (χ2v) is 16.2. The first-order chi connectivity index (χ1) is 30.7. The molecular weight excluding hydrogens is 755 g/mol. The van der Waals surface area contributed by atoms with Gasteiger partial charge in [-0.25, -0.2) is 9.97 Å². The first kappa shape index (κ1) is 35.8. The van der Waals surface area contributed by atoms with Gasteiger partial charge in [-0.15, -0.1) is 0 Å². The molecule has 0 unspecified atom stereocenters. The van der Waals surface area contributed by atoms with Crippen molar-refractivity contribution in [1.29, 1.82) is 5.26 Å². The second kappa shape index (κ2) is 14.3. The van der Waals surface area contributed by atoms with Crippen LogP contribution in [0.15, 0.2) is 206 Å². The molecule has 2 aliphatic carbocycles. The number of hydrogen-bond donors (Lipinski definition) is 0. The van der Waals surface area contributed by atoms with Crippen LogP contribution in [0.4, 0.5) is 0 Å². The minimum Gasteiger partial charge on any atom is -0.457 e. The molecule has 0 saturated heterocycles. The van der Waals surface area contributed by atoms with Crippen LogP contribution in [0.2, 0.25) is 0 Å². The topological polar surface area (TPSA) is 58.8 Å². The zero-order chi connectivity index (χ0) is 41.2. The molecule has 4 heteroatoms. The zero-order valence-electron chi connectivity index (χ0n) is 33.7. The molecule has 1 aliphatic heterocycles. The van der Waals surface area contributed by atoms with Crippen LogP contribution < -0.4 is 4.74 Å². The maximum Gasteiger partial charge on any atom is 0.160 e. The molecule has 0 fully saturated rings. The molecule has 1 aromatic heterocycles. The Kier molecular flexibility index (Phi) is 8.23. The Morgan fingerprint density at radius 3 is 1.76 bits per heavy atom. The van der Waals surface area contributed by atoms with Gasteiger partial charge in [-0.2, -0.15) is 5.26 Å². The molecule has 290 valence electrons. The van der Waals surface area contributed by atoms with E-state index in [1.165, 1.54) is 55.3 Å². The fourth-order valence-electron chi connectivity index (χ4n) is 10.3. The lowest BCUT2D eigenvalue weighted by Crippen LogP contribution is -2.33. The highest BCUT2D eigenvalue weighted by Gasteiger charge is 2.53. The summed E-state index contributed by atoms with van der Waals surface area (Å²) in [4.78, 5) is 10.4. The molecule has 2 heterocycles. The lowest BCUT2D eigenvalue weighted by atomic mass is 9.63. The molecule has 0 bridgehead atoms. The largest absolute Gasteiger partial charge is 0.457 e. The van der Waals surface area contributed by atoms with Crippen molar-refractivity contribution < 1.29 is 4.74 Å². The molecule has 9 aromatic rings. The molecule has 0 amide bonds. The molecule has 0 N–H and O–H groups in total. The number of allylic oxidation sites excluding steroid dienone is 4. The lowest BCUT2D eigenvalue weighted by molar-refractivity contribution is 0.432. The first-order valence-corrected chi connectivity index (χ1v) is 21.2. The van der Waals surface area contributed by atoms with Crippen LogP contribution >= 0.6 is 0 Å². The number of nitrogens with zero attached hydrogens (tertiary/aromatic N) is 3. The van der Waals surface area contributed by atoms with Gasteiger partial charge in [0.1, 0.15) is 11.5 Å². The highest BCUT2D eigenvalue weighted by atomic mass is 16.5. The quantitative estimate of drug-likeness (QED) is 0.174. The van der Waals surface area contributed by atoms with Gasteiger partial charge in [0, 0.05) is 27.8 Å². The summed E-state index contributed by atoms with van der Waals surface area (Å²) in [6.07, 6.45) is 4.26. The van der Waals surface area contributed by atoms with Crippen molar-refractivity contribution >= 4 is 21.9 Å². The zero-order valence-corrected chi connectivity index (χ0v) is 33.7. The molecule has 3 aliphatic rings. The minimum atomic E-state index is -0.567. The van der Waals surface area contributed by atoms with Crippen molar-refractivity contribution in [3.63, 3.8) is 0 Å². The van der Waals surface area contributed by atoms with Gasteiger partial charge >= 0.3 is 0 Å². The van der Waals surface area contributed by atoms with Gasteiger partial charge < -0.3 is 4.74 Å². The summed E-state index contributed by atoms with van der Waals surface area (Å²) < 4.78 is 6.73. The van der Waals surface area contributed by atoms with E-state index in [0.717, 1.165) is 63.5 Å². The third kappa shape index (κ3) is 5.45. The van der Waals surface area contributed by atoms with E-state index in [-0.39, 0.29) is 0 Å². The van der Waals surface area contributed by atoms with Crippen molar-refractivity contribution in [2.75, 3.05) is 0 Å². The number of ether oxygens (including phenoxy) is 1. The van der Waals surface area contributed by atoms with Crippen LogP contribution in [0, 0.1) is 11.3 Å². The standard InChI is InChI=1S/C58H37N3O/c59-36-37-26-28-38(29-27-37)42-31-32-45(44-19-8-7-18-43(42)44)46-20-13-23-51-56(46)47-34-41(53-35-52(39-14-3-1-4-15-39)60-57(61-53)40-16-5-2-6-17-40)30-33-48(47)58(51)49-21-9-11-24-54(49)62-55-25-12-10-22-50(55)58/h1-12,14-22,24-35H,13,23H2. The minimum absolute atomic E-state index is 0.567. The van der Waals surface area contributed by atoms with Crippen molar-refractivity contribution in [3.05, 3.63) is 239 Å². The lowest BCUT2D eigenvalue weighted by Gasteiger charge is -2.41. The van der Waals surface area contributed by atoms with Crippen LogP contribution in [-0.4, -0.2) is 9.97 Å². The van der Waals surface area contributed by atoms with Crippen LogP contribution in [0.25, 0.3) is 66.9 Å². The predicted molar refractivity (Wildman–Crippen MR) is 249 cm³/mol. The maximum atomic E-state index is 9.52. The van der Waals surface area contributed by atoms with Crippen molar-refractivity contribution in [2.24, 2.45) is 0 Å². The van der Waals surface area contributed by atoms with Crippen molar-refractivity contribution in [2.45, 2.75) is 18.3 Å². The summed E-state index contributed by atoms with van der Waals surface area (Å²) in [5.74, 6) is 2.47. The smallest absolute Gasteiger partial charge is 0.160 e. The van der Waals surface area contributed by atoms with E-state index in [4.69, 9.17) is 14.7 Å². The monoisotopic (exact) mass is 791 g/mol. The van der Waals surface area contributed by atoms with Crippen molar-refractivity contribution in [1.82, 2.24) is 9.97 Å². The molecule has 0 atom stereocenters. The fraction of sp³-hybridized carbons (Fsp3) is 0.0517. The SMILES string of the molecule is N#Cc1ccc(-c2ccc(C3=CCCC4=C3c3cc(-c5cc(-c6ccccc6)nc(-c6ccccc6)n5)ccc3C43c4ccccc4Oc4ccccc43)c3ccccc23)cc1. The van der Waals surface area contributed by atoms with Crippen molar-refractivity contribution in [3.8, 4) is 62.6 Å². The van der Waals surface area contributed by atoms with Crippen LogP contribution in [0.3, 0.4) is 0 Å². The number of benzene rings is 8. The third-order valence-electron chi connectivity index (χ3n) is 12.9. The van der Waals surface area contributed by atoms with Gasteiger partial charge in [0.25, 0.3) is 0 Å². The Morgan fingerprint density at radius 1 is 0.484 bits per heavy atom. The molecule has 12 rings (SSSR count). The highest BCUT2D eigenvalue weighted by Crippen LogP contribution is 2.65. The summed E-state index contributed by atoms with van der Waals surface area (Å²) in [6.45, 7) is 0. The van der Waals surface area contributed by atoms with E-state index in [2.05, 4.69) is 170 Å². The number of nitriles is 1. The Morgan fingerprint density at radius 2 is 1.06 bits per heavy atom. The van der Waals surface area contributed by atoms with E-state index < -0.39 is 5.41 Å². The van der Waals surface area contributed by atoms with Crippen LogP contribution in [-0.2, 0) is 5.41 Å². The van der Waals surface area contributed by atoms with E-state index >= 15 is 0 Å². The molecule has 0 radical (unpaired) electrons. The number of para-hydroxylation sites is 2. The summed E-state index contributed by atoms with van der Waals surface area (Å²) in [5.41, 5.74) is 17.0. The molecular formula is C58H37N3O. The number of fused-ring (bicyclic) bond motifs is 9. The Hall–Kier alpha value is -8.13. The molecule has 4 nitrogen and oxygen atoms in total. The normalized spacial score (nSPS) is 14.3. The van der Waals surface area contributed by atoms with E-state index in [9.17, 15) is 5.26 Å². The average molecular weight is 792 g/mol. The Labute approximate surface area is 360 Å². The second-order valence-electron chi connectivity index (χ2n) is 16.2. The molecule has 1 spiro atoms. The van der Waals surface area contributed by atoms with Gasteiger partial charge in [-0.05, 0) is 105 Å². The summed E-state index contributed by atoms with van der Waals surface area (Å²) in [5, 5.41) is 11.9.